The molecule has 1 aromatic carbocycles. The normalized spacial score (nSPS) is 15.6. The van der Waals surface area contributed by atoms with Crippen molar-refractivity contribution in [1.82, 2.24) is 5.32 Å². The van der Waals surface area contributed by atoms with Crippen molar-refractivity contribution < 1.29 is 4.74 Å². The minimum atomic E-state index is 0.475. The molecule has 0 aliphatic heterocycles. The summed E-state index contributed by atoms with van der Waals surface area (Å²) in [6, 6.07) is 8.29. The van der Waals surface area contributed by atoms with E-state index in [2.05, 4.69) is 35.7 Å². The van der Waals surface area contributed by atoms with Gasteiger partial charge in [0.25, 0.3) is 0 Å². The van der Waals surface area contributed by atoms with Gasteiger partial charge in [-0.25, -0.2) is 0 Å². The predicted molar refractivity (Wildman–Crippen MR) is 67.7 cm³/mol. The number of benzene rings is 1. The summed E-state index contributed by atoms with van der Waals surface area (Å²) >= 11 is 0. The molecule has 0 amide bonds. The highest BCUT2D eigenvalue weighted by Crippen LogP contribution is 2.27. The fraction of sp³-hybridized carbons (Fsp3) is 0.429. The van der Waals surface area contributed by atoms with Gasteiger partial charge in [-0.05, 0) is 50.6 Å². The lowest BCUT2D eigenvalue weighted by atomic mass is 10.2. The molecule has 0 aromatic heterocycles. The standard InChI is InChI=1S/C14H19NO/c1-15-10-3-2-5-12-6-4-7-14(11-12)16-13-8-9-13/h2,4-7,11,13,15H,3,8-10H2,1H3/b5-2+. The summed E-state index contributed by atoms with van der Waals surface area (Å²) in [5.41, 5.74) is 1.22. The second-order valence-corrected chi connectivity index (χ2v) is 4.18. The molecule has 16 heavy (non-hydrogen) atoms. The Hall–Kier alpha value is -1.28. The van der Waals surface area contributed by atoms with Crippen molar-refractivity contribution in [2.75, 3.05) is 13.6 Å². The summed E-state index contributed by atoms with van der Waals surface area (Å²) in [4.78, 5) is 0. The van der Waals surface area contributed by atoms with Gasteiger partial charge in [0.15, 0.2) is 0 Å². The average molecular weight is 217 g/mol. The van der Waals surface area contributed by atoms with Crippen LogP contribution in [-0.4, -0.2) is 19.7 Å². The lowest BCUT2D eigenvalue weighted by Gasteiger charge is -2.04. The largest absolute Gasteiger partial charge is 0.490 e. The lowest BCUT2D eigenvalue weighted by molar-refractivity contribution is 0.303. The predicted octanol–water partition coefficient (Wildman–Crippen LogP) is 2.85. The third-order valence-corrected chi connectivity index (χ3v) is 2.56. The lowest BCUT2D eigenvalue weighted by Crippen LogP contribution is -2.05. The van der Waals surface area contributed by atoms with Crippen LogP contribution in [0.25, 0.3) is 6.08 Å². The van der Waals surface area contributed by atoms with Crippen molar-refractivity contribution in [2.45, 2.75) is 25.4 Å². The van der Waals surface area contributed by atoms with E-state index in [4.69, 9.17) is 4.74 Å². The molecule has 1 aliphatic carbocycles. The molecule has 2 nitrogen and oxygen atoms in total. The molecule has 0 heterocycles. The van der Waals surface area contributed by atoms with Crippen LogP contribution in [0, 0.1) is 0 Å². The van der Waals surface area contributed by atoms with Crippen LogP contribution < -0.4 is 10.1 Å². The van der Waals surface area contributed by atoms with E-state index in [1.165, 1.54) is 18.4 Å². The molecular formula is C14H19NO. The maximum Gasteiger partial charge on any atom is 0.120 e. The average Bonchev–Trinajstić information content (AvgIpc) is 3.09. The zero-order chi connectivity index (χ0) is 11.2. The van der Waals surface area contributed by atoms with Gasteiger partial charge < -0.3 is 10.1 Å². The Morgan fingerprint density at radius 2 is 2.31 bits per heavy atom. The van der Waals surface area contributed by atoms with Gasteiger partial charge in [0.2, 0.25) is 0 Å². The molecule has 86 valence electrons. The molecule has 1 aliphatic rings. The molecule has 2 heteroatoms. The van der Waals surface area contributed by atoms with Gasteiger partial charge in [0, 0.05) is 0 Å². The topological polar surface area (TPSA) is 21.3 Å². The molecular weight excluding hydrogens is 198 g/mol. The summed E-state index contributed by atoms with van der Waals surface area (Å²) < 4.78 is 5.75. The van der Waals surface area contributed by atoms with E-state index in [1.807, 2.05) is 13.1 Å². The molecule has 1 saturated carbocycles. The fourth-order valence-corrected chi connectivity index (χ4v) is 1.52. The molecule has 0 saturated heterocycles. The van der Waals surface area contributed by atoms with E-state index in [0.29, 0.717) is 6.10 Å². The second kappa shape index (κ2) is 5.71. The molecule has 0 radical (unpaired) electrons. The number of rotatable bonds is 6. The molecule has 2 rings (SSSR count). The highest BCUT2D eigenvalue weighted by atomic mass is 16.5. The van der Waals surface area contributed by atoms with Crippen molar-refractivity contribution in [3.8, 4) is 5.75 Å². The molecule has 1 aromatic rings. The maximum absolute atomic E-state index is 5.75. The van der Waals surface area contributed by atoms with Crippen LogP contribution in [0.4, 0.5) is 0 Å². The Morgan fingerprint density at radius 1 is 1.44 bits per heavy atom. The zero-order valence-corrected chi connectivity index (χ0v) is 9.78. The van der Waals surface area contributed by atoms with E-state index >= 15 is 0 Å². The van der Waals surface area contributed by atoms with Crippen LogP contribution in [0.3, 0.4) is 0 Å². The van der Waals surface area contributed by atoms with Crippen molar-refractivity contribution >= 4 is 6.08 Å². The van der Waals surface area contributed by atoms with Crippen LogP contribution in [0.5, 0.6) is 5.75 Å². The van der Waals surface area contributed by atoms with Crippen LogP contribution in [-0.2, 0) is 0 Å². The molecule has 0 unspecified atom stereocenters. The summed E-state index contributed by atoms with van der Waals surface area (Å²) in [7, 11) is 1.97. The van der Waals surface area contributed by atoms with E-state index in [0.717, 1.165) is 18.7 Å². The third-order valence-electron chi connectivity index (χ3n) is 2.56. The molecule has 0 bridgehead atoms. The van der Waals surface area contributed by atoms with Gasteiger partial charge in [-0.3, -0.25) is 0 Å². The quantitative estimate of drug-likeness (QED) is 0.740. The van der Waals surface area contributed by atoms with Crippen LogP contribution in [0.1, 0.15) is 24.8 Å². The van der Waals surface area contributed by atoms with E-state index < -0.39 is 0 Å². The number of ether oxygens (including phenoxy) is 1. The Morgan fingerprint density at radius 3 is 3.06 bits per heavy atom. The Labute approximate surface area is 97.3 Å². The van der Waals surface area contributed by atoms with Crippen LogP contribution >= 0.6 is 0 Å². The van der Waals surface area contributed by atoms with Gasteiger partial charge in [-0.1, -0.05) is 24.3 Å². The van der Waals surface area contributed by atoms with Crippen molar-refractivity contribution in [2.24, 2.45) is 0 Å². The van der Waals surface area contributed by atoms with Crippen LogP contribution in [0.15, 0.2) is 30.3 Å². The van der Waals surface area contributed by atoms with E-state index in [9.17, 15) is 0 Å². The highest BCUT2D eigenvalue weighted by molar-refractivity contribution is 5.51. The fourth-order valence-electron chi connectivity index (χ4n) is 1.52. The monoisotopic (exact) mass is 217 g/mol. The highest BCUT2D eigenvalue weighted by Gasteiger charge is 2.23. The minimum Gasteiger partial charge on any atom is -0.490 e. The van der Waals surface area contributed by atoms with Crippen molar-refractivity contribution in [1.29, 1.82) is 0 Å². The van der Waals surface area contributed by atoms with E-state index in [-0.39, 0.29) is 0 Å². The smallest absolute Gasteiger partial charge is 0.120 e. The molecule has 1 fully saturated rings. The molecule has 0 spiro atoms. The maximum atomic E-state index is 5.75. The molecule has 1 N–H and O–H groups in total. The Bertz CT molecular complexity index is 356. The number of hydrogen-bond acceptors (Lipinski definition) is 2. The summed E-state index contributed by atoms with van der Waals surface area (Å²) in [5, 5.41) is 3.12. The van der Waals surface area contributed by atoms with Gasteiger partial charge in [-0.15, -0.1) is 0 Å². The van der Waals surface area contributed by atoms with Crippen LogP contribution in [0.2, 0.25) is 0 Å². The van der Waals surface area contributed by atoms with E-state index in [1.54, 1.807) is 0 Å². The summed E-state index contributed by atoms with van der Waals surface area (Å²) in [5.74, 6) is 0.998. The summed E-state index contributed by atoms with van der Waals surface area (Å²) in [6.45, 7) is 1.02. The van der Waals surface area contributed by atoms with Gasteiger partial charge in [0.05, 0.1) is 6.10 Å². The first-order chi connectivity index (χ1) is 7.88. The van der Waals surface area contributed by atoms with Crippen molar-refractivity contribution in [3.05, 3.63) is 35.9 Å². The minimum absolute atomic E-state index is 0.475. The van der Waals surface area contributed by atoms with Gasteiger partial charge in [-0.2, -0.15) is 0 Å². The Balaban J connectivity index is 1.89. The third kappa shape index (κ3) is 3.70. The first kappa shape index (κ1) is 11.2. The van der Waals surface area contributed by atoms with Gasteiger partial charge >= 0.3 is 0 Å². The SMILES string of the molecule is CNCC/C=C/c1cccc(OC2CC2)c1. The first-order valence-electron chi connectivity index (χ1n) is 5.96. The molecule has 0 atom stereocenters. The van der Waals surface area contributed by atoms with Gasteiger partial charge in [0.1, 0.15) is 5.75 Å². The second-order valence-electron chi connectivity index (χ2n) is 4.18. The zero-order valence-electron chi connectivity index (χ0n) is 9.78. The number of hydrogen-bond donors (Lipinski definition) is 1. The summed E-state index contributed by atoms with van der Waals surface area (Å²) in [6.07, 6.45) is 8.29. The van der Waals surface area contributed by atoms with Crippen molar-refractivity contribution in [3.63, 3.8) is 0 Å². The first-order valence-corrected chi connectivity index (χ1v) is 5.96. The number of nitrogens with one attached hydrogen (secondary N) is 1. The Kier molecular flexibility index (Phi) is 4.00.